The Morgan fingerprint density at radius 2 is 1.40 bits per heavy atom. The number of hydrogen-bond donors (Lipinski definition) is 1. The number of halogens is 2. The monoisotopic (exact) mass is 452 g/mol. The minimum atomic E-state index is 0. The molecular weight excluding hydrogens is 419 g/mol. The second kappa shape index (κ2) is 15.3. The third-order valence-corrected chi connectivity index (χ3v) is 5.18. The van der Waals surface area contributed by atoms with Gasteiger partial charge < -0.3 is 14.7 Å². The van der Waals surface area contributed by atoms with Gasteiger partial charge in [0.15, 0.2) is 0 Å². The first-order valence-electron chi connectivity index (χ1n) is 10.4. The Morgan fingerprint density at radius 3 is 2.10 bits per heavy atom. The highest BCUT2D eigenvalue weighted by atomic mass is 35.5. The third-order valence-electron chi connectivity index (χ3n) is 5.18. The van der Waals surface area contributed by atoms with Crippen LogP contribution in [-0.4, -0.2) is 67.4 Å². The van der Waals surface area contributed by atoms with E-state index in [1.807, 2.05) is 24.3 Å². The van der Waals surface area contributed by atoms with Crippen LogP contribution in [0.5, 0.6) is 5.75 Å². The summed E-state index contributed by atoms with van der Waals surface area (Å²) in [7, 11) is 0. The summed E-state index contributed by atoms with van der Waals surface area (Å²) in [5.74, 6) is 0.951. The maximum Gasteiger partial charge on any atom is 0.126 e. The lowest BCUT2D eigenvalue weighted by Crippen LogP contribution is -2.47. The van der Waals surface area contributed by atoms with Gasteiger partial charge in [-0.3, -0.25) is 4.90 Å². The van der Waals surface area contributed by atoms with Gasteiger partial charge in [-0.05, 0) is 31.0 Å². The first-order valence-corrected chi connectivity index (χ1v) is 10.4. The molecule has 6 heteroatoms. The fourth-order valence-corrected chi connectivity index (χ4v) is 3.50. The van der Waals surface area contributed by atoms with Crippen molar-refractivity contribution in [1.82, 2.24) is 9.80 Å². The van der Waals surface area contributed by atoms with Crippen molar-refractivity contribution < 1.29 is 9.84 Å². The first-order chi connectivity index (χ1) is 13.8. The average Bonchev–Trinajstić information content (AvgIpc) is 2.75. The van der Waals surface area contributed by atoms with E-state index in [0.29, 0.717) is 0 Å². The van der Waals surface area contributed by atoms with Gasteiger partial charge in [0.2, 0.25) is 0 Å². The number of benzene rings is 2. The van der Waals surface area contributed by atoms with Crippen molar-refractivity contribution in [3.63, 3.8) is 0 Å². The summed E-state index contributed by atoms with van der Waals surface area (Å²) in [5.41, 5.74) is 2.31. The maximum atomic E-state index is 9.02. The molecule has 1 fully saturated rings. The number of rotatable bonds is 10. The highest BCUT2D eigenvalue weighted by Crippen LogP contribution is 2.21. The normalized spacial score (nSPS) is 14.8. The first kappa shape index (κ1) is 26.5. The van der Waals surface area contributed by atoms with E-state index in [9.17, 15) is 0 Å². The van der Waals surface area contributed by atoms with E-state index in [2.05, 4.69) is 52.3 Å². The Kier molecular flexibility index (Phi) is 13.5. The Bertz CT molecular complexity index is 720. The van der Waals surface area contributed by atoms with E-state index in [0.717, 1.165) is 70.0 Å². The van der Waals surface area contributed by atoms with E-state index in [1.165, 1.54) is 5.56 Å². The molecule has 0 amide bonds. The van der Waals surface area contributed by atoms with Gasteiger partial charge in [0.25, 0.3) is 0 Å². The van der Waals surface area contributed by atoms with Gasteiger partial charge in [0.05, 0.1) is 13.2 Å². The molecule has 1 N–H and O–H groups in total. The van der Waals surface area contributed by atoms with E-state index < -0.39 is 0 Å². The topological polar surface area (TPSA) is 35.9 Å². The Labute approximate surface area is 193 Å². The van der Waals surface area contributed by atoms with Crippen LogP contribution in [0.15, 0.2) is 54.6 Å². The van der Waals surface area contributed by atoms with Gasteiger partial charge in [0, 0.05) is 38.3 Å². The molecule has 0 aromatic heterocycles. The van der Waals surface area contributed by atoms with Gasteiger partial charge in [0.1, 0.15) is 5.75 Å². The number of para-hydroxylation sites is 1. The van der Waals surface area contributed by atoms with Crippen LogP contribution < -0.4 is 4.74 Å². The van der Waals surface area contributed by atoms with Crippen LogP contribution >= 0.6 is 24.8 Å². The molecule has 0 atom stereocenters. The van der Waals surface area contributed by atoms with Crippen LogP contribution in [-0.2, 0) is 0 Å². The van der Waals surface area contributed by atoms with Crippen molar-refractivity contribution in [2.45, 2.75) is 12.8 Å². The quantitative estimate of drug-likeness (QED) is 0.426. The Morgan fingerprint density at radius 1 is 0.767 bits per heavy atom. The van der Waals surface area contributed by atoms with Crippen molar-refractivity contribution in [1.29, 1.82) is 0 Å². The molecular formula is C24H34Cl2N2O2. The predicted molar refractivity (Wildman–Crippen MR) is 131 cm³/mol. The van der Waals surface area contributed by atoms with Crippen molar-refractivity contribution in [2.75, 3.05) is 52.5 Å². The highest BCUT2D eigenvalue weighted by Gasteiger charge is 2.15. The summed E-state index contributed by atoms with van der Waals surface area (Å²) in [6.07, 6.45) is 6.46. The summed E-state index contributed by atoms with van der Waals surface area (Å²) in [6.45, 7) is 7.30. The largest absolute Gasteiger partial charge is 0.493 e. The molecule has 1 heterocycles. The lowest BCUT2D eigenvalue weighted by Gasteiger charge is -2.34. The van der Waals surface area contributed by atoms with Crippen LogP contribution in [0.3, 0.4) is 0 Å². The standard InChI is InChI=1S/C24H32N2O2.2ClH/c27-20-19-26-17-15-25(16-18-26)14-6-7-21-28-24-11-5-4-10-23(24)13-12-22-8-2-1-3-9-22;;/h1-5,8-13,27H,6-7,14-21H2;2*1H/b13-12+;;. The van der Waals surface area contributed by atoms with Crippen molar-refractivity contribution >= 4 is 37.0 Å². The van der Waals surface area contributed by atoms with Gasteiger partial charge in [-0.2, -0.15) is 0 Å². The molecule has 1 saturated heterocycles. The molecule has 0 saturated carbocycles. The van der Waals surface area contributed by atoms with Gasteiger partial charge in [-0.15, -0.1) is 24.8 Å². The molecule has 0 spiro atoms. The number of aliphatic hydroxyl groups excluding tert-OH is 1. The zero-order valence-electron chi connectivity index (χ0n) is 17.5. The molecule has 1 aliphatic rings. The Hall–Kier alpha value is -1.56. The molecule has 0 unspecified atom stereocenters. The van der Waals surface area contributed by atoms with Crippen LogP contribution in [0, 0.1) is 0 Å². The molecule has 0 bridgehead atoms. The SMILES string of the molecule is Cl.Cl.OCCN1CCN(CCCCOc2ccccc2/C=C/c2ccccc2)CC1. The number of piperazine rings is 1. The van der Waals surface area contributed by atoms with Crippen LogP contribution in [0.1, 0.15) is 24.0 Å². The zero-order valence-corrected chi connectivity index (χ0v) is 19.1. The lowest BCUT2D eigenvalue weighted by molar-refractivity contribution is 0.110. The number of aliphatic hydroxyl groups is 1. The van der Waals surface area contributed by atoms with Crippen LogP contribution in [0.4, 0.5) is 0 Å². The summed E-state index contributed by atoms with van der Waals surface area (Å²) in [5, 5.41) is 9.02. The Balaban J connectivity index is 0.00000225. The molecule has 3 rings (SSSR count). The second-order valence-corrected chi connectivity index (χ2v) is 7.24. The molecule has 2 aromatic rings. The lowest BCUT2D eigenvalue weighted by atomic mass is 10.1. The number of β-amino-alcohol motifs (C(OH)–C–C–N with tert-alkyl or cyclic N) is 1. The van der Waals surface area contributed by atoms with E-state index in [4.69, 9.17) is 9.84 Å². The second-order valence-electron chi connectivity index (χ2n) is 7.24. The summed E-state index contributed by atoms with van der Waals surface area (Å²) >= 11 is 0. The zero-order chi connectivity index (χ0) is 19.4. The van der Waals surface area contributed by atoms with Gasteiger partial charge in [-0.25, -0.2) is 0 Å². The summed E-state index contributed by atoms with van der Waals surface area (Å²) in [4.78, 5) is 4.85. The fraction of sp³-hybridized carbons (Fsp3) is 0.417. The van der Waals surface area contributed by atoms with Crippen LogP contribution in [0.2, 0.25) is 0 Å². The van der Waals surface area contributed by atoms with E-state index in [-0.39, 0.29) is 31.4 Å². The van der Waals surface area contributed by atoms with E-state index in [1.54, 1.807) is 0 Å². The van der Waals surface area contributed by atoms with E-state index >= 15 is 0 Å². The predicted octanol–water partition coefficient (Wildman–Crippen LogP) is 4.47. The highest BCUT2D eigenvalue weighted by molar-refractivity contribution is 5.85. The molecule has 2 aromatic carbocycles. The summed E-state index contributed by atoms with van der Waals surface area (Å²) < 4.78 is 6.06. The van der Waals surface area contributed by atoms with Crippen LogP contribution in [0.25, 0.3) is 12.2 Å². The van der Waals surface area contributed by atoms with Crippen molar-refractivity contribution in [2.24, 2.45) is 0 Å². The molecule has 1 aliphatic heterocycles. The third kappa shape index (κ3) is 9.07. The van der Waals surface area contributed by atoms with Crippen molar-refractivity contribution in [3.05, 3.63) is 65.7 Å². The fourth-order valence-electron chi connectivity index (χ4n) is 3.50. The maximum absolute atomic E-state index is 9.02. The minimum absolute atomic E-state index is 0. The number of hydrogen-bond acceptors (Lipinski definition) is 4. The van der Waals surface area contributed by atoms with Crippen molar-refractivity contribution in [3.8, 4) is 5.75 Å². The molecule has 0 aliphatic carbocycles. The minimum Gasteiger partial charge on any atom is -0.493 e. The molecule has 30 heavy (non-hydrogen) atoms. The number of nitrogens with zero attached hydrogens (tertiary/aromatic N) is 2. The number of ether oxygens (including phenoxy) is 1. The molecule has 0 radical (unpaired) electrons. The number of unbranched alkanes of at least 4 members (excludes halogenated alkanes) is 1. The molecule has 4 nitrogen and oxygen atoms in total. The molecule has 166 valence electrons. The average molecular weight is 453 g/mol. The smallest absolute Gasteiger partial charge is 0.126 e. The van der Waals surface area contributed by atoms with Gasteiger partial charge in [-0.1, -0.05) is 60.7 Å². The summed E-state index contributed by atoms with van der Waals surface area (Å²) in [6, 6.07) is 18.6. The van der Waals surface area contributed by atoms with Gasteiger partial charge >= 0.3 is 0 Å².